The van der Waals surface area contributed by atoms with Crippen LogP contribution in [-0.2, 0) is 20.0 Å². The molecule has 0 amide bonds. The Kier molecular flexibility index (Phi) is 6.23. The minimum Gasteiger partial charge on any atom is -0.478 e. The van der Waals surface area contributed by atoms with Crippen LogP contribution < -0.4 is 0 Å². The van der Waals surface area contributed by atoms with E-state index in [4.69, 9.17) is 9.97 Å². The topological polar surface area (TPSA) is 72.9 Å². The van der Waals surface area contributed by atoms with Gasteiger partial charge in [0.25, 0.3) is 0 Å². The van der Waals surface area contributed by atoms with Crippen molar-refractivity contribution >= 4 is 28.0 Å². The van der Waals surface area contributed by atoms with Gasteiger partial charge in [-0.2, -0.15) is 0 Å². The Morgan fingerprint density at radius 3 is 2.36 bits per heavy atom. The number of nitrogens with zero attached hydrogens (tertiary/aromatic N) is 4. The number of hydrogen-bond donors (Lipinski definition) is 1. The zero-order valence-electron chi connectivity index (χ0n) is 22.3. The minimum atomic E-state index is -0.921. The molecule has 0 aliphatic heterocycles. The van der Waals surface area contributed by atoms with Crippen LogP contribution in [0.4, 0.5) is 0 Å². The molecule has 2 heterocycles. The second-order valence-corrected chi connectivity index (χ2v) is 10.1. The minimum absolute atomic E-state index is 0.307. The molecule has 0 saturated heterocycles. The van der Waals surface area contributed by atoms with E-state index >= 15 is 0 Å². The Morgan fingerprint density at radius 2 is 1.62 bits per heavy atom. The van der Waals surface area contributed by atoms with Gasteiger partial charge in [-0.25, -0.2) is 14.8 Å². The van der Waals surface area contributed by atoms with E-state index in [1.165, 1.54) is 0 Å². The molecule has 39 heavy (non-hydrogen) atoms. The summed E-state index contributed by atoms with van der Waals surface area (Å²) < 4.78 is 4.47. The first-order valence-corrected chi connectivity index (χ1v) is 13.3. The summed E-state index contributed by atoms with van der Waals surface area (Å²) in [5, 5.41) is 9.60. The predicted molar refractivity (Wildman–Crippen MR) is 156 cm³/mol. The molecule has 0 aliphatic carbocycles. The van der Waals surface area contributed by atoms with Gasteiger partial charge in [-0.15, -0.1) is 0 Å². The molecule has 0 saturated carbocycles. The third kappa shape index (κ3) is 4.38. The van der Waals surface area contributed by atoms with E-state index in [0.29, 0.717) is 12.1 Å². The molecule has 0 fully saturated rings. The van der Waals surface area contributed by atoms with Crippen molar-refractivity contribution in [1.29, 1.82) is 0 Å². The zero-order chi connectivity index (χ0) is 27.1. The van der Waals surface area contributed by atoms with Gasteiger partial charge in [-0.05, 0) is 65.9 Å². The van der Waals surface area contributed by atoms with Gasteiger partial charge in [0.2, 0.25) is 0 Å². The number of carbonyl (C=O) groups is 1. The maximum atomic E-state index is 11.7. The maximum absolute atomic E-state index is 11.7. The van der Waals surface area contributed by atoms with Crippen molar-refractivity contribution < 1.29 is 9.90 Å². The summed E-state index contributed by atoms with van der Waals surface area (Å²) in [4.78, 5) is 21.7. The molecule has 6 rings (SSSR count). The highest BCUT2D eigenvalue weighted by Gasteiger charge is 2.17. The van der Waals surface area contributed by atoms with Crippen molar-refractivity contribution in [2.45, 2.75) is 33.2 Å². The summed E-state index contributed by atoms with van der Waals surface area (Å²) >= 11 is 0. The Balaban J connectivity index is 1.42. The molecule has 0 radical (unpaired) electrons. The first-order valence-electron chi connectivity index (χ1n) is 13.3. The van der Waals surface area contributed by atoms with E-state index in [2.05, 4.69) is 60.4 Å². The Bertz CT molecular complexity index is 1840. The third-order valence-electron chi connectivity index (χ3n) is 7.41. The number of carboxylic acids is 1. The SMILES string of the molecule is CCCc1nc2c(C)cc(-c3nc4ccccc4n3[11CH3])cc2n1Cc1ccc(-c2ccccc2C(=O)O)cc1. The quantitative estimate of drug-likeness (QED) is 0.244. The number of imidazole rings is 2. The van der Waals surface area contributed by atoms with Gasteiger partial charge in [0, 0.05) is 25.6 Å². The summed E-state index contributed by atoms with van der Waals surface area (Å²) in [6, 6.07) is 27.9. The van der Waals surface area contributed by atoms with Crippen molar-refractivity contribution in [3.05, 3.63) is 107 Å². The molecule has 6 nitrogen and oxygen atoms in total. The van der Waals surface area contributed by atoms with Gasteiger partial charge in [-0.1, -0.05) is 61.5 Å². The second-order valence-electron chi connectivity index (χ2n) is 10.1. The van der Waals surface area contributed by atoms with Crippen LogP contribution in [0, 0.1) is 6.92 Å². The standard InChI is InChI=1S/C33H30N4O2/c1-4-9-30-35-31-21(2)18-24(32-34-27-12-7-8-13-28(27)36(32)3)19-29(31)37(30)20-22-14-16-23(17-15-22)25-10-5-6-11-26(25)33(38)39/h5-8,10-19H,4,9,20H2,1-3H3,(H,38,39)/i3-1. The van der Waals surface area contributed by atoms with E-state index in [9.17, 15) is 9.90 Å². The number of fused-ring (bicyclic) bond motifs is 2. The molecule has 0 spiro atoms. The summed E-state index contributed by atoms with van der Waals surface area (Å²) in [6.07, 6.45) is 1.89. The molecule has 4 aromatic carbocycles. The molecule has 2 aromatic heterocycles. The lowest BCUT2D eigenvalue weighted by Gasteiger charge is -2.12. The smallest absolute Gasteiger partial charge is 0.336 e. The van der Waals surface area contributed by atoms with Crippen LogP contribution in [-0.4, -0.2) is 30.2 Å². The summed E-state index contributed by atoms with van der Waals surface area (Å²) in [7, 11) is 2.06. The third-order valence-corrected chi connectivity index (χ3v) is 7.41. The van der Waals surface area contributed by atoms with Gasteiger partial charge in [-0.3, -0.25) is 0 Å². The van der Waals surface area contributed by atoms with E-state index in [1.54, 1.807) is 12.1 Å². The van der Waals surface area contributed by atoms with Gasteiger partial charge < -0.3 is 14.2 Å². The van der Waals surface area contributed by atoms with Gasteiger partial charge >= 0.3 is 5.97 Å². The van der Waals surface area contributed by atoms with Crippen LogP contribution in [0.15, 0.2) is 84.9 Å². The number of aromatic nitrogens is 4. The van der Waals surface area contributed by atoms with Crippen molar-refractivity contribution in [3.8, 4) is 22.5 Å². The molecular weight excluding hydrogens is 483 g/mol. The van der Waals surface area contributed by atoms with Crippen LogP contribution >= 0.6 is 0 Å². The lowest BCUT2D eigenvalue weighted by atomic mass is 9.98. The number of aromatic carboxylic acids is 1. The highest BCUT2D eigenvalue weighted by atomic mass is 16.4. The van der Waals surface area contributed by atoms with Crippen molar-refractivity contribution in [2.24, 2.45) is 7.05 Å². The monoisotopic (exact) mass is 513 g/mol. The van der Waals surface area contributed by atoms with E-state index in [-0.39, 0.29) is 0 Å². The van der Waals surface area contributed by atoms with E-state index < -0.39 is 5.97 Å². The Labute approximate surface area is 227 Å². The lowest BCUT2D eigenvalue weighted by Crippen LogP contribution is -2.05. The second kappa shape index (κ2) is 9.87. The summed E-state index contributed by atoms with van der Waals surface area (Å²) in [6.45, 7) is 4.98. The summed E-state index contributed by atoms with van der Waals surface area (Å²) in [5.74, 6) is 1.08. The van der Waals surface area contributed by atoms with E-state index in [0.717, 1.165) is 74.4 Å². The molecule has 0 atom stereocenters. The van der Waals surface area contributed by atoms with Gasteiger partial charge in [0.1, 0.15) is 11.6 Å². The average molecular weight is 514 g/mol. The summed E-state index contributed by atoms with van der Waals surface area (Å²) in [5.41, 5.74) is 9.46. The average Bonchev–Trinajstić information content (AvgIpc) is 3.47. The molecule has 0 unspecified atom stereocenters. The number of hydrogen-bond acceptors (Lipinski definition) is 3. The first kappa shape index (κ1) is 24.6. The fraction of sp³-hybridized carbons (Fsp3) is 0.182. The Morgan fingerprint density at radius 1 is 0.872 bits per heavy atom. The number of benzene rings is 4. The predicted octanol–water partition coefficient (Wildman–Crippen LogP) is 7.26. The molecule has 6 aromatic rings. The molecular formula is C33H30N4O2. The van der Waals surface area contributed by atoms with Crippen LogP contribution in [0.3, 0.4) is 0 Å². The van der Waals surface area contributed by atoms with Crippen LogP contribution in [0.25, 0.3) is 44.6 Å². The highest BCUT2D eigenvalue weighted by Crippen LogP contribution is 2.31. The number of rotatable bonds is 7. The van der Waals surface area contributed by atoms with Crippen LogP contribution in [0.1, 0.15) is 40.7 Å². The molecule has 0 bridgehead atoms. The van der Waals surface area contributed by atoms with Gasteiger partial charge in [0.15, 0.2) is 0 Å². The fourth-order valence-corrected chi connectivity index (χ4v) is 5.46. The number of carboxylic acid groups (broad SMARTS) is 1. The lowest BCUT2D eigenvalue weighted by molar-refractivity contribution is 0.0697. The fourth-order valence-electron chi connectivity index (χ4n) is 5.46. The van der Waals surface area contributed by atoms with E-state index in [1.807, 2.05) is 42.5 Å². The van der Waals surface area contributed by atoms with Crippen molar-refractivity contribution in [2.75, 3.05) is 0 Å². The zero-order valence-corrected chi connectivity index (χ0v) is 22.3. The van der Waals surface area contributed by atoms with Gasteiger partial charge in [0.05, 0.1) is 27.6 Å². The van der Waals surface area contributed by atoms with Crippen LogP contribution in [0.2, 0.25) is 0 Å². The van der Waals surface area contributed by atoms with Crippen molar-refractivity contribution in [3.63, 3.8) is 0 Å². The first-order chi connectivity index (χ1) is 18.9. The molecule has 6 heteroatoms. The van der Waals surface area contributed by atoms with Crippen molar-refractivity contribution in [1.82, 2.24) is 19.1 Å². The normalized spacial score (nSPS) is 11.5. The number of para-hydroxylation sites is 2. The maximum Gasteiger partial charge on any atom is 0.336 e. The molecule has 0 aliphatic rings. The Hall–Kier alpha value is -4.71. The highest BCUT2D eigenvalue weighted by molar-refractivity contribution is 5.96. The molecule has 1 N–H and O–H groups in total. The number of aryl methyl sites for hydroxylation is 3. The largest absolute Gasteiger partial charge is 0.478 e. The molecule has 194 valence electrons. The van der Waals surface area contributed by atoms with Crippen LogP contribution in [0.5, 0.6) is 0 Å².